The molecule has 0 aliphatic heterocycles. The number of benzene rings is 2. The summed E-state index contributed by atoms with van der Waals surface area (Å²) in [7, 11) is 1.59. The van der Waals surface area contributed by atoms with Gasteiger partial charge in [0.2, 0.25) is 0 Å². The second-order valence-corrected chi connectivity index (χ2v) is 6.50. The Morgan fingerprint density at radius 2 is 1.96 bits per heavy atom. The fourth-order valence-electron chi connectivity index (χ4n) is 3.35. The molecule has 26 heavy (non-hydrogen) atoms. The summed E-state index contributed by atoms with van der Waals surface area (Å²) in [6.07, 6.45) is 0.854. The molecular weight excluding hydrogens is 336 g/mol. The first-order valence-electron chi connectivity index (χ1n) is 8.62. The van der Waals surface area contributed by atoms with Gasteiger partial charge in [-0.3, -0.25) is 0 Å². The first kappa shape index (κ1) is 16.7. The smallest absolute Gasteiger partial charge is 0.267 e. The van der Waals surface area contributed by atoms with Crippen LogP contribution in [0.3, 0.4) is 0 Å². The molecule has 4 nitrogen and oxygen atoms in total. The van der Waals surface area contributed by atoms with Crippen molar-refractivity contribution < 1.29 is 13.5 Å². The minimum atomic E-state index is -2.72. The van der Waals surface area contributed by atoms with Gasteiger partial charge in [0.05, 0.1) is 18.7 Å². The van der Waals surface area contributed by atoms with Crippen molar-refractivity contribution in [1.82, 2.24) is 9.97 Å². The number of anilines is 1. The Kier molecular flexibility index (Phi) is 4.18. The monoisotopic (exact) mass is 355 g/mol. The molecule has 6 heteroatoms. The number of nitrogens with one attached hydrogen (secondary N) is 1. The number of methoxy groups -OCH3 is 1. The molecule has 1 aliphatic rings. The van der Waals surface area contributed by atoms with Crippen LogP contribution in [-0.4, -0.2) is 29.0 Å². The summed E-state index contributed by atoms with van der Waals surface area (Å²) in [5, 5.41) is 3.72. The predicted molar refractivity (Wildman–Crippen MR) is 97.7 cm³/mol. The van der Waals surface area contributed by atoms with E-state index < -0.39 is 12.0 Å². The van der Waals surface area contributed by atoms with Crippen molar-refractivity contribution in [1.29, 1.82) is 0 Å². The summed E-state index contributed by atoms with van der Waals surface area (Å²) >= 11 is 0. The highest BCUT2D eigenvalue weighted by Gasteiger charge is 2.44. The Bertz CT molecular complexity index is 945. The van der Waals surface area contributed by atoms with Gasteiger partial charge in [-0.25, -0.2) is 18.7 Å². The van der Waals surface area contributed by atoms with Gasteiger partial charge in [0, 0.05) is 17.4 Å². The van der Waals surface area contributed by atoms with Gasteiger partial charge in [-0.2, -0.15) is 0 Å². The highest BCUT2D eigenvalue weighted by atomic mass is 19.3. The lowest BCUT2D eigenvalue weighted by Crippen LogP contribution is -2.34. The highest BCUT2D eigenvalue weighted by Crippen LogP contribution is 2.38. The zero-order valence-electron chi connectivity index (χ0n) is 14.4. The first-order chi connectivity index (χ1) is 12.6. The molecule has 1 saturated carbocycles. The maximum atomic E-state index is 14.1. The number of para-hydroxylation sites is 1. The SMILES string of the molecule is COc1cccc(-c2nc(NC3CCCC3(F)F)c3ccccc3n2)c1. The Morgan fingerprint density at radius 1 is 1.12 bits per heavy atom. The van der Waals surface area contributed by atoms with Crippen LogP contribution in [0.5, 0.6) is 5.75 Å². The minimum absolute atomic E-state index is 0.0869. The quantitative estimate of drug-likeness (QED) is 0.723. The van der Waals surface area contributed by atoms with E-state index in [-0.39, 0.29) is 6.42 Å². The molecule has 1 aliphatic carbocycles. The molecule has 0 bridgehead atoms. The van der Waals surface area contributed by atoms with Crippen LogP contribution < -0.4 is 10.1 Å². The Morgan fingerprint density at radius 3 is 2.73 bits per heavy atom. The van der Waals surface area contributed by atoms with Gasteiger partial charge in [-0.05, 0) is 37.1 Å². The van der Waals surface area contributed by atoms with E-state index >= 15 is 0 Å². The average Bonchev–Trinajstić information content (AvgIpc) is 2.99. The molecule has 1 N–H and O–H groups in total. The van der Waals surface area contributed by atoms with Gasteiger partial charge in [0.25, 0.3) is 5.92 Å². The lowest BCUT2D eigenvalue weighted by atomic mass is 10.1. The summed E-state index contributed by atoms with van der Waals surface area (Å²) in [6.45, 7) is 0. The van der Waals surface area contributed by atoms with Gasteiger partial charge in [0.1, 0.15) is 11.6 Å². The van der Waals surface area contributed by atoms with Crippen molar-refractivity contribution in [2.75, 3.05) is 12.4 Å². The zero-order chi connectivity index (χ0) is 18.1. The van der Waals surface area contributed by atoms with Gasteiger partial charge in [-0.1, -0.05) is 24.3 Å². The number of hydrogen-bond acceptors (Lipinski definition) is 4. The lowest BCUT2D eigenvalue weighted by molar-refractivity contribution is -0.000649. The molecule has 1 unspecified atom stereocenters. The molecular formula is C20H19F2N3O. The molecule has 0 radical (unpaired) electrons. The average molecular weight is 355 g/mol. The maximum absolute atomic E-state index is 14.1. The van der Waals surface area contributed by atoms with Crippen molar-refractivity contribution in [2.24, 2.45) is 0 Å². The lowest BCUT2D eigenvalue weighted by Gasteiger charge is -2.22. The summed E-state index contributed by atoms with van der Waals surface area (Å²) in [6, 6.07) is 13.9. The van der Waals surface area contributed by atoms with E-state index in [1.807, 2.05) is 48.5 Å². The first-order valence-corrected chi connectivity index (χ1v) is 8.62. The van der Waals surface area contributed by atoms with E-state index in [0.29, 0.717) is 35.8 Å². The Labute approximate surface area is 150 Å². The van der Waals surface area contributed by atoms with Crippen LogP contribution in [0.1, 0.15) is 19.3 Å². The molecule has 1 aromatic heterocycles. The fourth-order valence-corrected chi connectivity index (χ4v) is 3.35. The van der Waals surface area contributed by atoms with E-state index in [0.717, 1.165) is 10.9 Å². The van der Waals surface area contributed by atoms with Crippen LogP contribution in [0.15, 0.2) is 48.5 Å². The normalized spacial score (nSPS) is 18.8. The molecule has 0 saturated heterocycles. The standard InChI is InChI=1S/C20H19F2N3O/c1-26-14-7-4-6-13(12-14)18-23-16-9-3-2-8-15(16)19(25-18)24-17-10-5-11-20(17,21)22/h2-4,6-9,12,17H,5,10-11H2,1H3,(H,23,24,25). The zero-order valence-corrected chi connectivity index (χ0v) is 14.4. The largest absolute Gasteiger partial charge is 0.497 e. The van der Waals surface area contributed by atoms with Gasteiger partial charge in [0.15, 0.2) is 5.82 Å². The van der Waals surface area contributed by atoms with Crippen molar-refractivity contribution in [3.05, 3.63) is 48.5 Å². The second kappa shape index (κ2) is 6.52. The number of alkyl halides is 2. The summed E-state index contributed by atoms with van der Waals surface area (Å²) in [5.41, 5.74) is 1.49. The number of ether oxygens (including phenoxy) is 1. The van der Waals surface area contributed by atoms with E-state index in [1.54, 1.807) is 7.11 Å². The Hall–Kier alpha value is -2.76. The topological polar surface area (TPSA) is 47.0 Å². The number of nitrogens with zero attached hydrogens (tertiary/aromatic N) is 2. The summed E-state index contributed by atoms with van der Waals surface area (Å²) in [5.74, 6) is -1.11. The van der Waals surface area contributed by atoms with E-state index in [9.17, 15) is 8.78 Å². The fraction of sp³-hybridized carbons (Fsp3) is 0.300. The molecule has 3 aromatic rings. The highest BCUT2D eigenvalue weighted by molar-refractivity contribution is 5.90. The van der Waals surface area contributed by atoms with Crippen LogP contribution in [0, 0.1) is 0 Å². The van der Waals surface area contributed by atoms with Crippen LogP contribution in [0.4, 0.5) is 14.6 Å². The third-order valence-corrected chi connectivity index (χ3v) is 4.75. The number of aromatic nitrogens is 2. The van der Waals surface area contributed by atoms with Crippen molar-refractivity contribution in [2.45, 2.75) is 31.2 Å². The van der Waals surface area contributed by atoms with Crippen LogP contribution in [-0.2, 0) is 0 Å². The number of rotatable bonds is 4. The molecule has 1 atom stereocenters. The number of fused-ring (bicyclic) bond motifs is 1. The third-order valence-electron chi connectivity index (χ3n) is 4.75. The number of hydrogen-bond donors (Lipinski definition) is 1. The molecule has 1 heterocycles. The molecule has 134 valence electrons. The number of halogens is 2. The third kappa shape index (κ3) is 3.07. The molecule has 0 amide bonds. The molecule has 0 spiro atoms. The predicted octanol–water partition coefficient (Wildman–Crippen LogP) is 4.91. The molecule has 4 rings (SSSR count). The van der Waals surface area contributed by atoms with E-state index in [2.05, 4.69) is 15.3 Å². The van der Waals surface area contributed by atoms with Crippen LogP contribution in [0.2, 0.25) is 0 Å². The van der Waals surface area contributed by atoms with E-state index in [4.69, 9.17) is 4.74 Å². The van der Waals surface area contributed by atoms with Crippen LogP contribution >= 0.6 is 0 Å². The minimum Gasteiger partial charge on any atom is -0.497 e. The summed E-state index contributed by atoms with van der Waals surface area (Å²) < 4.78 is 33.4. The van der Waals surface area contributed by atoms with Gasteiger partial charge in [-0.15, -0.1) is 0 Å². The Balaban J connectivity index is 1.80. The maximum Gasteiger partial charge on any atom is 0.267 e. The van der Waals surface area contributed by atoms with Gasteiger partial charge < -0.3 is 10.1 Å². The second-order valence-electron chi connectivity index (χ2n) is 6.50. The summed E-state index contributed by atoms with van der Waals surface area (Å²) in [4.78, 5) is 9.16. The molecule has 2 aromatic carbocycles. The van der Waals surface area contributed by atoms with Crippen molar-refractivity contribution >= 4 is 16.7 Å². The van der Waals surface area contributed by atoms with Crippen molar-refractivity contribution in [3.8, 4) is 17.1 Å². The van der Waals surface area contributed by atoms with E-state index in [1.165, 1.54) is 0 Å². The van der Waals surface area contributed by atoms with Crippen LogP contribution in [0.25, 0.3) is 22.3 Å². The van der Waals surface area contributed by atoms with Gasteiger partial charge >= 0.3 is 0 Å². The van der Waals surface area contributed by atoms with Crippen molar-refractivity contribution in [3.63, 3.8) is 0 Å². The molecule has 1 fully saturated rings.